The van der Waals surface area contributed by atoms with E-state index in [1.165, 1.54) is 12.1 Å². The van der Waals surface area contributed by atoms with Gasteiger partial charge in [0.15, 0.2) is 5.82 Å². The Morgan fingerprint density at radius 1 is 1.12 bits per heavy atom. The standard InChI is InChI=1S/C26H26F3N5O5S/c1-26(2)13-34(40(37,38)16-10-14(27)9-15(28)11-16)12-17-22(26)32-33-23(17)31-25(36)21-18(29)5-3-6-19(21)30-24(35)20-7-4-8-39-20/h3,5-6,9-11,20H,4,7-8,12-13H2,1-2H3,(H,30,35)(H2,31,32,33,36)/t20-/m1/s1. The first kappa shape index (κ1) is 27.8. The lowest BCUT2D eigenvalue weighted by atomic mass is 9.84. The van der Waals surface area contributed by atoms with Gasteiger partial charge in [-0.3, -0.25) is 14.7 Å². The number of amides is 2. The number of rotatable bonds is 6. The summed E-state index contributed by atoms with van der Waals surface area (Å²) < 4.78 is 75.6. The van der Waals surface area contributed by atoms with E-state index >= 15 is 0 Å². The maximum atomic E-state index is 14.9. The van der Waals surface area contributed by atoms with E-state index in [9.17, 15) is 31.2 Å². The topological polar surface area (TPSA) is 133 Å². The van der Waals surface area contributed by atoms with Gasteiger partial charge < -0.3 is 15.4 Å². The predicted octanol–water partition coefficient (Wildman–Crippen LogP) is 3.68. The van der Waals surface area contributed by atoms with Crippen molar-refractivity contribution in [1.29, 1.82) is 0 Å². The van der Waals surface area contributed by atoms with Crippen LogP contribution in [0.25, 0.3) is 0 Å². The second-order valence-electron chi connectivity index (χ2n) is 10.3. The molecule has 0 bridgehead atoms. The lowest BCUT2D eigenvalue weighted by Crippen LogP contribution is -2.45. The summed E-state index contributed by atoms with van der Waals surface area (Å²) >= 11 is 0. The van der Waals surface area contributed by atoms with E-state index in [4.69, 9.17) is 4.74 Å². The molecule has 3 heterocycles. The van der Waals surface area contributed by atoms with E-state index in [0.717, 1.165) is 22.5 Å². The number of H-pyrrole nitrogens is 1. The molecule has 0 radical (unpaired) electrons. The highest BCUT2D eigenvalue weighted by molar-refractivity contribution is 7.89. The van der Waals surface area contributed by atoms with E-state index in [-0.39, 0.29) is 24.6 Å². The Morgan fingerprint density at radius 3 is 2.52 bits per heavy atom. The zero-order valence-corrected chi connectivity index (χ0v) is 22.4. The average Bonchev–Trinajstić information content (AvgIpc) is 3.54. The molecule has 212 valence electrons. The summed E-state index contributed by atoms with van der Waals surface area (Å²) in [4.78, 5) is 25.3. The number of halogens is 3. The number of nitrogens with one attached hydrogen (secondary N) is 3. The van der Waals surface area contributed by atoms with Crippen LogP contribution in [0.1, 0.15) is 48.3 Å². The fourth-order valence-corrected chi connectivity index (χ4v) is 6.57. The molecule has 1 atom stereocenters. The molecule has 1 aromatic heterocycles. The molecule has 2 amide bonds. The van der Waals surface area contributed by atoms with Gasteiger partial charge in [0.25, 0.3) is 11.8 Å². The van der Waals surface area contributed by atoms with Crippen molar-refractivity contribution < 1.29 is 35.9 Å². The Hall–Kier alpha value is -3.75. The number of carbonyl (C=O) groups is 2. The fourth-order valence-electron chi connectivity index (χ4n) is 4.96. The van der Waals surface area contributed by atoms with Crippen LogP contribution in [-0.2, 0) is 31.5 Å². The van der Waals surface area contributed by atoms with Crippen LogP contribution in [0.5, 0.6) is 0 Å². The molecule has 1 saturated heterocycles. The molecule has 14 heteroatoms. The molecule has 0 spiro atoms. The number of anilines is 2. The normalized spacial score (nSPS) is 18.8. The monoisotopic (exact) mass is 577 g/mol. The van der Waals surface area contributed by atoms with E-state index in [2.05, 4.69) is 20.8 Å². The average molecular weight is 578 g/mol. The van der Waals surface area contributed by atoms with Gasteiger partial charge in [0, 0.05) is 42.4 Å². The maximum Gasteiger partial charge on any atom is 0.261 e. The Morgan fingerprint density at radius 2 is 1.85 bits per heavy atom. The molecular formula is C26H26F3N5O5S. The van der Waals surface area contributed by atoms with Crippen molar-refractivity contribution in [2.45, 2.75) is 49.6 Å². The van der Waals surface area contributed by atoms with Crippen molar-refractivity contribution in [2.75, 3.05) is 23.8 Å². The molecule has 2 aromatic carbocycles. The number of hydrogen-bond acceptors (Lipinski definition) is 6. The summed E-state index contributed by atoms with van der Waals surface area (Å²) in [6, 6.07) is 5.80. The van der Waals surface area contributed by atoms with Crippen LogP contribution in [-0.4, -0.2) is 54.0 Å². The number of carbonyl (C=O) groups excluding carboxylic acids is 2. The van der Waals surface area contributed by atoms with Gasteiger partial charge in [-0.15, -0.1) is 0 Å². The second-order valence-corrected chi connectivity index (χ2v) is 12.2. The van der Waals surface area contributed by atoms with Crippen LogP contribution in [0.2, 0.25) is 0 Å². The lowest BCUT2D eigenvalue weighted by Gasteiger charge is -2.36. The summed E-state index contributed by atoms with van der Waals surface area (Å²) in [6.45, 7) is 3.56. The summed E-state index contributed by atoms with van der Waals surface area (Å²) in [5.74, 6) is -4.48. The van der Waals surface area contributed by atoms with Crippen molar-refractivity contribution in [1.82, 2.24) is 14.5 Å². The Balaban J connectivity index is 1.44. The molecule has 40 heavy (non-hydrogen) atoms. The third-order valence-electron chi connectivity index (χ3n) is 6.88. The molecule has 0 saturated carbocycles. The molecule has 2 aliphatic heterocycles. The van der Waals surface area contributed by atoms with Crippen LogP contribution in [0.3, 0.4) is 0 Å². The van der Waals surface area contributed by atoms with Gasteiger partial charge in [-0.2, -0.15) is 9.40 Å². The number of aromatic nitrogens is 2. The quantitative estimate of drug-likeness (QED) is 0.410. The van der Waals surface area contributed by atoms with Gasteiger partial charge in [-0.25, -0.2) is 21.6 Å². The SMILES string of the molecule is CC1(C)CN(S(=O)(=O)c2cc(F)cc(F)c2)Cc2c(NC(=O)c3c(F)cccc3NC(=O)[C@H]3CCCO3)n[nH]c21. The number of fused-ring (bicyclic) bond motifs is 1. The highest BCUT2D eigenvalue weighted by atomic mass is 32.2. The third-order valence-corrected chi connectivity index (χ3v) is 8.65. The number of nitrogens with zero attached hydrogens (tertiary/aromatic N) is 2. The van der Waals surface area contributed by atoms with E-state index in [0.29, 0.717) is 36.8 Å². The largest absolute Gasteiger partial charge is 0.368 e. The Bertz CT molecular complexity index is 1580. The maximum absolute atomic E-state index is 14.9. The van der Waals surface area contributed by atoms with E-state index in [1.54, 1.807) is 13.8 Å². The number of ether oxygens (including phenoxy) is 1. The predicted molar refractivity (Wildman–Crippen MR) is 138 cm³/mol. The first-order valence-electron chi connectivity index (χ1n) is 12.4. The van der Waals surface area contributed by atoms with Gasteiger partial charge in [0.2, 0.25) is 10.0 Å². The van der Waals surface area contributed by atoms with Crippen LogP contribution in [0, 0.1) is 17.5 Å². The smallest absolute Gasteiger partial charge is 0.261 e. The minimum atomic E-state index is -4.35. The highest BCUT2D eigenvalue weighted by Crippen LogP contribution is 2.38. The van der Waals surface area contributed by atoms with Gasteiger partial charge in [-0.05, 0) is 37.1 Å². The zero-order chi connectivity index (χ0) is 28.8. The number of benzene rings is 2. The van der Waals surface area contributed by atoms with Crippen molar-refractivity contribution in [3.05, 3.63) is 70.7 Å². The van der Waals surface area contributed by atoms with Gasteiger partial charge in [0.1, 0.15) is 23.6 Å². The summed E-state index contributed by atoms with van der Waals surface area (Å²) in [5, 5.41) is 12.0. The molecule has 1 fully saturated rings. The van der Waals surface area contributed by atoms with Crippen LogP contribution in [0.15, 0.2) is 41.3 Å². The number of hydrogen-bond donors (Lipinski definition) is 3. The highest BCUT2D eigenvalue weighted by Gasteiger charge is 2.41. The van der Waals surface area contributed by atoms with E-state index < -0.39 is 61.3 Å². The summed E-state index contributed by atoms with van der Waals surface area (Å²) in [5.41, 5.74) is -0.534. The molecule has 0 unspecified atom stereocenters. The third kappa shape index (κ3) is 5.21. The molecule has 0 aliphatic carbocycles. The number of aromatic amines is 1. The van der Waals surface area contributed by atoms with Crippen LogP contribution < -0.4 is 10.6 Å². The van der Waals surface area contributed by atoms with E-state index in [1.807, 2.05) is 0 Å². The molecule has 2 aliphatic rings. The van der Waals surface area contributed by atoms with Crippen molar-refractivity contribution in [3.8, 4) is 0 Å². The zero-order valence-electron chi connectivity index (χ0n) is 21.6. The molecule has 3 N–H and O–H groups in total. The van der Waals surface area contributed by atoms with Crippen molar-refractivity contribution in [2.24, 2.45) is 0 Å². The molecular weight excluding hydrogens is 551 g/mol. The fraction of sp³-hybridized carbons (Fsp3) is 0.346. The van der Waals surface area contributed by atoms with Gasteiger partial charge in [-0.1, -0.05) is 19.9 Å². The first-order chi connectivity index (χ1) is 18.9. The second kappa shape index (κ2) is 10.3. The number of sulfonamides is 1. The Labute approximate surface area is 227 Å². The minimum Gasteiger partial charge on any atom is -0.368 e. The van der Waals surface area contributed by atoms with Gasteiger partial charge in [0.05, 0.1) is 16.1 Å². The molecule has 3 aromatic rings. The molecule has 10 nitrogen and oxygen atoms in total. The van der Waals surface area contributed by atoms with Gasteiger partial charge >= 0.3 is 0 Å². The van der Waals surface area contributed by atoms with Crippen molar-refractivity contribution >= 4 is 33.3 Å². The first-order valence-corrected chi connectivity index (χ1v) is 13.9. The summed E-state index contributed by atoms with van der Waals surface area (Å²) in [7, 11) is -4.35. The van der Waals surface area contributed by atoms with Crippen LogP contribution >= 0.6 is 0 Å². The minimum absolute atomic E-state index is 0.0528. The summed E-state index contributed by atoms with van der Waals surface area (Å²) in [6.07, 6.45) is 0.495. The Kier molecular flexibility index (Phi) is 7.18. The van der Waals surface area contributed by atoms with Crippen molar-refractivity contribution in [3.63, 3.8) is 0 Å². The lowest BCUT2D eigenvalue weighted by molar-refractivity contribution is -0.124. The molecule has 5 rings (SSSR count). The van der Waals surface area contributed by atoms with Crippen LogP contribution in [0.4, 0.5) is 24.7 Å².